The molecule has 1 aromatic heterocycles. The van der Waals surface area contributed by atoms with E-state index in [0.717, 1.165) is 10.2 Å². The van der Waals surface area contributed by atoms with E-state index >= 15 is 0 Å². The first-order valence-corrected chi connectivity index (χ1v) is 10.9. The number of thiazole rings is 1. The van der Waals surface area contributed by atoms with E-state index in [1.807, 2.05) is 38.1 Å². The van der Waals surface area contributed by atoms with Crippen LogP contribution in [0.5, 0.6) is 11.5 Å². The van der Waals surface area contributed by atoms with Crippen molar-refractivity contribution in [3.05, 3.63) is 46.4 Å². The number of hydrogen-bond donors (Lipinski definition) is 0. The number of para-hydroxylation sites is 1. The Morgan fingerprint density at radius 1 is 1.20 bits per heavy atom. The number of carbonyl (C=O) groups excluding carboxylic acids is 2. The lowest BCUT2D eigenvalue weighted by atomic mass is 10.2. The Morgan fingerprint density at radius 2 is 1.97 bits per heavy atom. The molecule has 0 aliphatic rings. The van der Waals surface area contributed by atoms with Crippen LogP contribution in [0.4, 0.5) is 5.13 Å². The van der Waals surface area contributed by atoms with Crippen LogP contribution in [0.2, 0.25) is 0 Å². The Kier molecular flexibility index (Phi) is 7.28. The molecule has 0 N–H and O–H groups in total. The van der Waals surface area contributed by atoms with Gasteiger partial charge >= 0.3 is 5.97 Å². The predicted octanol–water partition coefficient (Wildman–Crippen LogP) is 4.68. The van der Waals surface area contributed by atoms with E-state index in [9.17, 15) is 9.59 Å². The summed E-state index contributed by atoms with van der Waals surface area (Å²) in [6.07, 6.45) is 0. The van der Waals surface area contributed by atoms with Gasteiger partial charge in [0, 0.05) is 6.54 Å². The molecule has 158 valence electrons. The summed E-state index contributed by atoms with van der Waals surface area (Å²) in [7, 11) is 1.51. The Bertz CT molecular complexity index is 1040. The summed E-state index contributed by atoms with van der Waals surface area (Å²) >= 11 is 4.78. The van der Waals surface area contributed by atoms with Crippen LogP contribution in [-0.2, 0) is 9.53 Å². The van der Waals surface area contributed by atoms with Gasteiger partial charge in [-0.05, 0) is 54.0 Å². The Labute approximate surface area is 186 Å². The minimum Gasteiger partial charge on any atom is -0.492 e. The number of fused-ring (bicyclic) bond motifs is 1. The lowest BCUT2D eigenvalue weighted by Crippen LogP contribution is -2.34. The highest BCUT2D eigenvalue weighted by Gasteiger charge is 2.21. The van der Waals surface area contributed by atoms with E-state index in [2.05, 4.69) is 20.9 Å². The zero-order valence-electron chi connectivity index (χ0n) is 16.8. The van der Waals surface area contributed by atoms with Gasteiger partial charge in [0.25, 0.3) is 5.91 Å². The lowest BCUT2D eigenvalue weighted by molar-refractivity contribution is -0.121. The van der Waals surface area contributed by atoms with Crippen LogP contribution in [0.1, 0.15) is 24.2 Å². The van der Waals surface area contributed by atoms with Gasteiger partial charge in [-0.25, -0.2) is 9.78 Å². The maximum atomic E-state index is 12.7. The van der Waals surface area contributed by atoms with Crippen LogP contribution in [0.15, 0.2) is 40.9 Å². The zero-order chi connectivity index (χ0) is 21.7. The maximum absolute atomic E-state index is 12.7. The van der Waals surface area contributed by atoms with Crippen molar-refractivity contribution in [2.75, 3.05) is 31.8 Å². The molecule has 7 nitrogen and oxygen atoms in total. The van der Waals surface area contributed by atoms with Gasteiger partial charge in [0.2, 0.25) is 0 Å². The van der Waals surface area contributed by atoms with Crippen molar-refractivity contribution < 1.29 is 23.8 Å². The van der Waals surface area contributed by atoms with Gasteiger partial charge in [-0.15, -0.1) is 0 Å². The summed E-state index contributed by atoms with van der Waals surface area (Å²) in [6, 6.07) is 10.8. The smallest absolute Gasteiger partial charge is 0.338 e. The fourth-order valence-corrected chi connectivity index (χ4v) is 4.48. The summed E-state index contributed by atoms with van der Waals surface area (Å²) in [6.45, 7) is 4.11. The van der Waals surface area contributed by atoms with E-state index in [0.29, 0.717) is 34.3 Å². The number of rotatable bonds is 8. The average Bonchev–Trinajstić information content (AvgIpc) is 3.16. The highest BCUT2D eigenvalue weighted by Crippen LogP contribution is 2.36. The van der Waals surface area contributed by atoms with Gasteiger partial charge in [0.15, 0.2) is 23.2 Å². The van der Waals surface area contributed by atoms with Crippen molar-refractivity contribution in [2.45, 2.75) is 13.8 Å². The van der Waals surface area contributed by atoms with Crippen molar-refractivity contribution in [2.24, 2.45) is 0 Å². The van der Waals surface area contributed by atoms with E-state index in [1.165, 1.54) is 29.4 Å². The van der Waals surface area contributed by atoms with Gasteiger partial charge in [0.1, 0.15) is 0 Å². The molecule has 3 aromatic rings. The largest absolute Gasteiger partial charge is 0.492 e. The summed E-state index contributed by atoms with van der Waals surface area (Å²) in [5.41, 5.74) is 1.08. The Balaban J connectivity index is 1.72. The number of esters is 1. The summed E-state index contributed by atoms with van der Waals surface area (Å²) in [5.74, 6) is -0.0784. The Hall–Kier alpha value is -2.65. The number of anilines is 1. The third-order valence-corrected chi connectivity index (χ3v) is 5.86. The van der Waals surface area contributed by atoms with E-state index < -0.39 is 12.6 Å². The highest BCUT2D eigenvalue weighted by atomic mass is 79.9. The normalized spacial score (nSPS) is 10.7. The number of benzene rings is 2. The summed E-state index contributed by atoms with van der Waals surface area (Å²) in [5, 5.41) is 0.575. The second kappa shape index (κ2) is 9.90. The Morgan fingerprint density at radius 3 is 2.63 bits per heavy atom. The molecule has 0 saturated carbocycles. The number of ether oxygens (including phenoxy) is 3. The molecular formula is C21H21BrN2O5S. The number of halogens is 1. The number of likely N-dealkylation sites (N-methyl/N-ethyl adjacent to an activating group) is 1. The molecule has 0 bridgehead atoms. The van der Waals surface area contributed by atoms with Crippen LogP contribution in [0.3, 0.4) is 0 Å². The molecule has 3 rings (SSSR count). The number of nitrogens with zero attached hydrogens (tertiary/aromatic N) is 2. The molecule has 1 heterocycles. The van der Waals surface area contributed by atoms with Gasteiger partial charge in [-0.1, -0.05) is 23.5 Å². The van der Waals surface area contributed by atoms with Crippen LogP contribution in [0, 0.1) is 0 Å². The van der Waals surface area contributed by atoms with E-state index in [-0.39, 0.29) is 11.5 Å². The first-order valence-electron chi connectivity index (χ1n) is 9.31. The average molecular weight is 493 g/mol. The first kappa shape index (κ1) is 22.0. The number of amides is 1. The van der Waals surface area contributed by atoms with Crippen LogP contribution in [0.25, 0.3) is 10.2 Å². The SMILES string of the molecule is CCOc1cc(C(=O)OCC(=O)N(CC)c2nc3ccccc3s2)cc(Br)c1OC. The molecule has 2 aromatic carbocycles. The molecule has 0 spiro atoms. The summed E-state index contributed by atoms with van der Waals surface area (Å²) in [4.78, 5) is 31.2. The van der Waals surface area contributed by atoms with E-state index in [4.69, 9.17) is 14.2 Å². The van der Waals surface area contributed by atoms with Crippen molar-refractivity contribution in [1.82, 2.24) is 4.98 Å². The second-order valence-electron chi connectivity index (χ2n) is 6.10. The number of methoxy groups -OCH3 is 1. The maximum Gasteiger partial charge on any atom is 0.338 e. The molecule has 0 radical (unpaired) electrons. The molecule has 0 fully saturated rings. The minimum atomic E-state index is -0.631. The molecule has 1 amide bonds. The fourth-order valence-electron chi connectivity index (χ4n) is 2.83. The molecule has 0 atom stereocenters. The quantitative estimate of drug-likeness (QED) is 0.425. The molecular weight excluding hydrogens is 472 g/mol. The van der Waals surface area contributed by atoms with Gasteiger partial charge in [-0.2, -0.15) is 0 Å². The monoisotopic (exact) mass is 492 g/mol. The molecule has 0 aliphatic heterocycles. The number of aromatic nitrogens is 1. The predicted molar refractivity (Wildman–Crippen MR) is 120 cm³/mol. The summed E-state index contributed by atoms with van der Waals surface area (Å²) < 4.78 is 17.6. The van der Waals surface area contributed by atoms with Gasteiger partial charge in [-0.3, -0.25) is 9.69 Å². The van der Waals surface area contributed by atoms with Crippen molar-refractivity contribution >= 4 is 54.5 Å². The third-order valence-electron chi connectivity index (χ3n) is 4.21. The van der Waals surface area contributed by atoms with Gasteiger partial charge in [0.05, 0.1) is 34.0 Å². The number of carbonyl (C=O) groups is 2. The zero-order valence-corrected chi connectivity index (χ0v) is 19.2. The van der Waals surface area contributed by atoms with Crippen LogP contribution >= 0.6 is 27.3 Å². The van der Waals surface area contributed by atoms with Gasteiger partial charge < -0.3 is 14.2 Å². The number of hydrogen-bond acceptors (Lipinski definition) is 7. The first-order chi connectivity index (χ1) is 14.5. The van der Waals surface area contributed by atoms with Crippen LogP contribution < -0.4 is 14.4 Å². The highest BCUT2D eigenvalue weighted by molar-refractivity contribution is 9.10. The molecule has 0 unspecified atom stereocenters. The molecule has 9 heteroatoms. The minimum absolute atomic E-state index is 0.252. The van der Waals surface area contributed by atoms with Crippen molar-refractivity contribution in [1.29, 1.82) is 0 Å². The standard InChI is InChI=1S/C21H21BrN2O5S/c1-4-24(21-23-15-8-6-7-9-17(15)30-21)18(25)12-29-20(26)13-10-14(22)19(27-3)16(11-13)28-5-2/h6-11H,4-5,12H2,1-3H3. The fraction of sp³-hybridized carbons (Fsp3) is 0.286. The van der Waals surface area contributed by atoms with Crippen molar-refractivity contribution in [3.63, 3.8) is 0 Å². The lowest BCUT2D eigenvalue weighted by Gasteiger charge is -2.17. The second-order valence-corrected chi connectivity index (χ2v) is 7.96. The third kappa shape index (κ3) is 4.73. The molecule has 30 heavy (non-hydrogen) atoms. The topological polar surface area (TPSA) is 78.0 Å². The van der Waals surface area contributed by atoms with Crippen molar-refractivity contribution in [3.8, 4) is 11.5 Å². The van der Waals surface area contributed by atoms with E-state index in [1.54, 1.807) is 6.07 Å². The molecule has 0 saturated heterocycles. The molecule has 0 aliphatic carbocycles. The van der Waals surface area contributed by atoms with Crippen LogP contribution in [-0.4, -0.2) is 43.7 Å².